The van der Waals surface area contributed by atoms with Crippen LogP contribution in [0.3, 0.4) is 0 Å². The highest BCUT2D eigenvalue weighted by molar-refractivity contribution is 14.0. The Balaban J connectivity index is 0.00000338. The summed E-state index contributed by atoms with van der Waals surface area (Å²) >= 11 is 0. The number of guanidine groups is 1. The minimum Gasteiger partial charge on any atom is -0.406 e. The predicted octanol–water partition coefficient (Wildman–Crippen LogP) is 2.62. The number of nitrogens with two attached hydrogens (primary N) is 1. The number of carbonyl (C=O) groups excluding carboxylic acids is 1. The van der Waals surface area contributed by atoms with Crippen molar-refractivity contribution in [3.63, 3.8) is 0 Å². The van der Waals surface area contributed by atoms with E-state index in [1.807, 2.05) is 4.90 Å². The second-order valence-corrected chi connectivity index (χ2v) is 5.66. The van der Waals surface area contributed by atoms with E-state index in [1.165, 1.54) is 24.3 Å². The molecule has 1 aromatic rings. The van der Waals surface area contributed by atoms with Crippen LogP contribution in [0.1, 0.15) is 24.8 Å². The third-order valence-electron chi connectivity index (χ3n) is 3.67. The number of hydrogen-bond donors (Lipinski definition) is 2. The Morgan fingerprint density at radius 3 is 2.58 bits per heavy atom. The van der Waals surface area contributed by atoms with Crippen molar-refractivity contribution in [2.45, 2.75) is 32.2 Å². The number of hydrogen-bond acceptors (Lipinski definition) is 3. The Morgan fingerprint density at radius 1 is 1.31 bits per heavy atom. The van der Waals surface area contributed by atoms with Crippen molar-refractivity contribution in [2.75, 3.05) is 19.6 Å². The molecule has 0 unspecified atom stereocenters. The molecule has 1 aromatic carbocycles. The summed E-state index contributed by atoms with van der Waals surface area (Å²) in [5, 5.41) is 2.95. The molecule has 2 rings (SSSR count). The van der Waals surface area contributed by atoms with E-state index < -0.39 is 6.36 Å². The zero-order chi connectivity index (χ0) is 18.3. The maximum atomic E-state index is 12.1. The molecule has 0 spiro atoms. The van der Waals surface area contributed by atoms with Crippen LogP contribution in [0.5, 0.6) is 5.75 Å². The summed E-state index contributed by atoms with van der Waals surface area (Å²) in [6.07, 6.45) is -2.38. The molecule has 1 aliphatic rings. The van der Waals surface area contributed by atoms with Crippen LogP contribution in [0, 0.1) is 0 Å². The smallest absolute Gasteiger partial charge is 0.406 e. The first-order valence-electron chi connectivity index (χ1n) is 8.00. The zero-order valence-corrected chi connectivity index (χ0v) is 16.4. The average Bonchev–Trinajstić information content (AvgIpc) is 2.94. The van der Waals surface area contributed by atoms with E-state index in [0.717, 1.165) is 19.4 Å². The fourth-order valence-electron chi connectivity index (χ4n) is 2.46. The summed E-state index contributed by atoms with van der Waals surface area (Å²) in [5.74, 6) is 0.172. The SMILES string of the molecule is I.NC(=NCc1ccc(OC(F)(F)F)cc1)NCCCN1CCCC1=O. The first-order chi connectivity index (χ1) is 11.8. The highest BCUT2D eigenvalue weighted by atomic mass is 127. The number of nitrogens with zero attached hydrogens (tertiary/aromatic N) is 2. The number of aliphatic imine (C=N–C) groups is 1. The molecule has 1 fully saturated rings. The molecule has 1 aliphatic heterocycles. The fraction of sp³-hybridized carbons (Fsp3) is 0.500. The highest BCUT2D eigenvalue weighted by Gasteiger charge is 2.30. The minimum atomic E-state index is -4.70. The second kappa shape index (κ2) is 10.4. The van der Waals surface area contributed by atoms with Crippen molar-refractivity contribution in [2.24, 2.45) is 10.7 Å². The van der Waals surface area contributed by atoms with Gasteiger partial charge in [0.15, 0.2) is 5.96 Å². The number of ether oxygens (including phenoxy) is 1. The Kier molecular flexibility index (Phi) is 8.96. The molecular formula is C16H22F3IN4O2. The van der Waals surface area contributed by atoms with Gasteiger partial charge < -0.3 is 20.7 Å². The number of amides is 1. The van der Waals surface area contributed by atoms with E-state index in [4.69, 9.17) is 5.73 Å². The van der Waals surface area contributed by atoms with E-state index in [0.29, 0.717) is 25.1 Å². The van der Waals surface area contributed by atoms with Gasteiger partial charge in [-0.05, 0) is 30.5 Å². The molecule has 1 amide bonds. The number of alkyl halides is 3. The van der Waals surface area contributed by atoms with Crippen LogP contribution in [0.15, 0.2) is 29.3 Å². The van der Waals surface area contributed by atoms with Crippen molar-refractivity contribution in [1.82, 2.24) is 10.2 Å². The van der Waals surface area contributed by atoms with Crippen LogP contribution in [0.25, 0.3) is 0 Å². The number of carbonyl (C=O) groups is 1. The van der Waals surface area contributed by atoms with Crippen LogP contribution >= 0.6 is 24.0 Å². The lowest BCUT2D eigenvalue weighted by Crippen LogP contribution is -2.34. The first kappa shape index (κ1) is 22.3. The molecule has 6 nitrogen and oxygen atoms in total. The third kappa shape index (κ3) is 8.11. The molecule has 1 saturated heterocycles. The lowest BCUT2D eigenvalue weighted by molar-refractivity contribution is -0.274. The highest BCUT2D eigenvalue weighted by Crippen LogP contribution is 2.22. The Hall–Kier alpha value is -1.72. The number of benzene rings is 1. The largest absolute Gasteiger partial charge is 0.573 e. The molecule has 1 heterocycles. The monoisotopic (exact) mass is 486 g/mol. The molecule has 0 radical (unpaired) electrons. The van der Waals surface area contributed by atoms with Crippen LogP contribution < -0.4 is 15.8 Å². The molecule has 0 atom stereocenters. The normalized spacial score (nSPS) is 15.0. The molecular weight excluding hydrogens is 464 g/mol. The van der Waals surface area contributed by atoms with Gasteiger partial charge in [0.1, 0.15) is 5.75 Å². The van der Waals surface area contributed by atoms with Crippen LogP contribution in [-0.2, 0) is 11.3 Å². The number of likely N-dealkylation sites (tertiary alicyclic amines) is 1. The quantitative estimate of drug-likeness (QED) is 0.269. The van der Waals surface area contributed by atoms with Gasteiger partial charge >= 0.3 is 6.36 Å². The van der Waals surface area contributed by atoms with Crippen molar-refractivity contribution in [3.05, 3.63) is 29.8 Å². The topological polar surface area (TPSA) is 80.0 Å². The van der Waals surface area contributed by atoms with Gasteiger partial charge in [0.2, 0.25) is 5.91 Å². The van der Waals surface area contributed by atoms with E-state index in [9.17, 15) is 18.0 Å². The van der Waals surface area contributed by atoms with Crippen LogP contribution in [-0.4, -0.2) is 42.8 Å². The first-order valence-corrected chi connectivity index (χ1v) is 8.00. The molecule has 0 aromatic heterocycles. The van der Waals surface area contributed by atoms with E-state index >= 15 is 0 Å². The maximum absolute atomic E-state index is 12.1. The van der Waals surface area contributed by atoms with E-state index in [2.05, 4.69) is 15.0 Å². The van der Waals surface area contributed by atoms with Crippen LogP contribution in [0.2, 0.25) is 0 Å². The predicted molar refractivity (Wildman–Crippen MR) is 102 cm³/mol. The minimum absolute atomic E-state index is 0. The van der Waals surface area contributed by atoms with Crippen molar-refractivity contribution >= 4 is 35.8 Å². The molecule has 0 aliphatic carbocycles. The summed E-state index contributed by atoms with van der Waals surface area (Å²) in [5.41, 5.74) is 6.45. The zero-order valence-electron chi connectivity index (χ0n) is 14.1. The van der Waals surface area contributed by atoms with Crippen LogP contribution in [0.4, 0.5) is 13.2 Å². The summed E-state index contributed by atoms with van der Waals surface area (Å²) in [4.78, 5) is 17.4. The maximum Gasteiger partial charge on any atom is 0.573 e. The molecule has 26 heavy (non-hydrogen) atoms. The van der Waals surface area contributed by atoms with Gasteiger partial charge in [0, 0.05) is 26.1 Å². The Bertz CT molecular complexity index is 609. The number of halogens is 4. The standard InChI is InChI=1S/C16H21F3N4O2.HI/c17-16(18,19)25-13-6-4-12(5-7-13)11-22-15(20)21-8-2-10-23-9-1-3-14(23)24;/h4-7H,1-3,8-11H2,(H3,20,21,22);1H. The van der Waals surface area contributed by atoms with Gasteiger partial charge in [-0.2, -0.15) is 0 Å². The van der Waals surface area contributed by atoms with Crippen molar-refractivity contribution < 1.29 is 22.7 Å². The van der Waals surface area contributed by atoms with E-state index in [-0.39, 0.29) is 48.1 Å². The molecule has 0 saturated carbocycles. The summed E-state index contributed by atoms with van der Waals surface area (Å²) in [7, 11) is 0. The lowest BCUT2D eigenvalue weighted by atomic mass is 10.2. The second-order valence-electron chi connectivity index (χ2n) is 5.66. The number of nitrogens with one attached hydrogen (secondary N) is 1. The summed E-state index contributed by atoms with van der Waals surface area (Å²) in [6, 6.07) is 5.46. The molecule has 3 N–H and O–H groups in total. The van der Waals surface area contributed by atoms with Gasteiger partial charge in [-0.15, -0.1) is 37.1 Å². The fourth-order valence-corrected chi connectivity index (χ4v) is 2.46. The van der Waals surface area contributed by atoms with Gasteiger partial charge in [-0.1, -0.05) is 12.1 Å². The van der Waals surface area contributed by atoms with Crippen molar-refractivity contribution in [3.8, 4) is 5.75 Å². The Labute approximate surface area is 167 Å². The van der Waals surface area contributed by atoms with Gasteiger partial charge in [0.05, 0.1) is 6.54 Å². The average molecular weight is 486 g/mol. The van der Waals surface area contributed by atoms with E-state index in [1.54, 1.807) is 0 Å². The third-order valence-corrected chi connectivity index (χ3v) is 3.67. The molecule has 146 valence electrons. The van der Waals surface area contributed by atoms with Gasteiger partial charge in [-0.25, -0.2) is 4.99 Å². The van der Waals surface area contributed by atoms with Gasteiger partial charge in [0.25, 0.3) is 0 Å². The summed E-state index contributed by atoms with van der Waals surface area (Å²) < 4.78 is 40.0. The molecule has 0 bridgehead atoms. The summed E-state index contributed by atoms with van der Waals surface area (Å²) in [6.45, 7) is 2.35. The Morgan fingerprint density at radius 2 is 2.00 bits per heavy atom. The number of rotatable bonds is 7. The lowest BCUT2D eigenvalue weighted by Gasteiger charge is -2.15. The molecule has 10 heteroatoms. The van der Waals surface area contributed by atoms with Gasteiger partial charge in [-0.3, -0.25) is 4.79 Å². The van der Waals surface area contributed by atoms with Crippen molar-refractivity contribution in [1.29, 1.82) is 0 Å².